The zero-order valence-corrected chi connectivity index (χ0v) is 25.7. The summed E-state index contributed by atoms with van der Waals surface area (Å²) in [7, 11) is 0. The van der Waals surface area contributed by atoms with Crippen LogP contribution in [0.5, 0.6) is 0 Å². The van der Waals surface area contributed by atoms with Crippen molar-refractivity contribution in [2.45, 2.75) is 148 Å². The lowest BCUT2D eigenvalue weighted by Crippen LogP contribution is -2.33. The zero-order valence-electron chi connectivity index (χ0n) is 23.3. The molecule has 4 nitrogen and oxygen atoms in total. The predicted molar refractivity (Wildman–Crippen MR) is 160 cm³/mol. The second-order valence-electron chi connectivity index (χ2n) is 10.4. The Morgan fingerprint density at radius 3 is 1.59 bits per heavy atom. The van der Waals surface area contributed by atoms with Gasteiger partial charge in [-0.1, -0.05) is 153 Å². The van der Waals surface area contributed by atoms with Crippen molar-refractivity contribution in [3.8, 4) is 0 Å². The SMILES string of the molecule is CCCCCCCCCCCCCCCCCCCCC(O)C(COP(=O)(Cl)Cl)OCc1ccccc1. The van der Waals surface area contributed by atoms with Crippen LogP contribution in [0.15, 0.2) is 30.3 Å². The third kappa shape index (κ3) is 22.4. The van der Waals surface area contributed by atoms with Crippen LogP contribution in [-0.2, 0) is 20.4 Å². The highest BCUT2D eigenvalue weighted by atomic mass is 35.9. The van der Waals surface area contributed by atoms with Crippen molar-refractivity contribution in [3.63, 3.8) is 0 Å². The molecule has 1 rings (SSSR count). The maximum atomic E-state index is 11.5. The van der Waals surface area contributed by atoms with Crippen molar-refractivity contribution in [2.24, 2.45) is 0 Å². The van der Waals surface area contributed by atoms with Crippen LogP contribution in [0, 0.1) is 0 Å². The molecular formula is C30H53Cl2O4P. The van der Waals surface area contributed by atoms with E-state index < -0.39 is 18.3 Å². The fourth-order valence-corrected chi connectivity index (χ4v) is 5.31. The van der Waals surface area contributed by atoms with Gasteiger partial charge in [-0.3, -0.25) is 4.57 Å². The molecule has 1 aromatic carbocycles. The normalized spacial score (nSPS) is 13.6. The number of benzene rings is 1. The quantitative estimate of drug-likeness (QED) is 0.0876. The highest BCUT2D eigenvalue weighted by Gasteiger charge is 2.24. The number of unbranched alkanes of at least 4 members (excludes halogenated alkanes) is 17. The average molecular weight is 580 g/mol. The summed E-state index contributed by atoms with van der Waals surface area (Å²) in [6.45, 7) is 2.51. The molecule has 2 unspecified atom stereocenters. The monoisotopic (exact) mass is 578 g/mol. The fourth-order valence-electron chi connectivity index (χ4n) is 4.65. The molecule has 0 bridgehead atoms. The first-order chi connectivity index (χ1) is 17.9. The molecule has 2 atom stereocenters. The van der Waals surface area contributed by atoms with Gasteiger partial charge in [-0.25, -0.2) is 0 Å². The van der Waals surface area contributed by atoms with Crippen LogP contribution in [0.3, 0.4) is 0 Å². The number of rotatable bonds is 26. The molecular weight excluding hydrogens is 526 g/mol. The topological polar surface area (TPSA) is 55.8 Å². The number of hydrogen-bond donors (Lipinski definition) is 1. The van der Waals surface area contributed by atoms with Gasteiger partial charge in [0.2, 0.25) is 0 Å². The zero-order chi connectivity index (χ0) is 27.0. The number of aliphatic hydroxyl groups excluding tert-OH is 1. The van der Waals surface area contributed by atoms with E-state index in [1.807, 2.05) is 30.3 Å². The molecule has 1 aromatic rings. The van der Waals surface area contributed by atoms with Crippen molar-refractivity contribution in [1.82, 2.24) is 0 Å². The molecule has 1 N–H and O–H groups in total. The first-order valence-electron chi connectivity index (χ1n) is 14.9. The van der Waals surface area contributed by atoms with Gasteiger partial charge in [-0.2, -0.15) is 0 Å². The Bertz CT molecular complexity index is 671. The standard InChI is InChI=1S/C30H53Cl2O4P/c1-2-3-4-5-6-7-8-9-10-11-12-13-14-15-16-17-18-22-25-29(33)30(27-36-37(31,32)34)35-26-28-23-20-19-21-24-28/h19-21,23-24,29-30,33H,2-18,22,25-27H2,1H3. The van der Waals surface area contributed by atoms with E-state index >= 15 is 0 Å². The van der Waals surface area contributed by atoms with Crippen LogP contribution in [-0.4, -0.2) is 23.9 Å². The second kappa shape index (κ2) is 23.8. The Morgan fingerprint density at radius 2 is 1.16 bits per heavy atom. The minimum Gasteiger partial charge on any atom is -0.390 e. The fraction of sp³-hybridized carbons (Fsp3) is 0.800. The van der Waals surface area contributed by atoms with Crippen molar-refractivity contribution < 1.29 is 18.9 Å². The minimum absolute atomic E-state index is 0.0999. The first-order valence-corrected chi connectivity index (χ1v) is 18.3. The molecule has 0 saturated heterocycles. The van der Waals surface area contributed by atoms with Gasteiger partial charge in [-0.05, 0) is 34.5 Å². The molecule has 0 saturated carbocycles. The van der Waals surface area contributed by atoms with E-state index in [-0.39, 0.29) is 6.61 Å². The lowest BCUT2D eigenvalue weighted by Gasteiger charge is -2.23. The Hall–Kier alpha value is -0.0900. The van der Waals surface area contributed by atoms with Crippen LogP contribution >= 0.6 is 28.6 Å². The van der Waals surface area contributed by atoms with E-state index in [1.165, 1.54) is 103 Å². The molecule has 0 aliphatic carbocycles. The molecule has 7 heteroatoms. The third-order valence-corrected chi connectivity index (χ3v) is 8.01. The van der Waals surface area contributed by atoms with Gasteiger partial charge in [-0.15, -0.1) is 0 Å². The van der Waals surface area contributed by atoms with Crippen LogP contribution in [0.1, 0.15) is 134 Å². The molecule has 0 aromatic heterocycles. The van der Waals surface area contributed by atoms with Gasteiger partial charge in [0, 0.05) is 0 Å². The Balaban J connectivity index is 2.01. The predicted octanol–water partition coefficient (Wildman–Crippen LogP) is 11.0. The van der Waals surface area contributed by atoms with Crippen molar-refractivity contribution in [1.29, 1.82) is 0 Å². The van der Waals surface area contributed by atoms with E-state index in [9.17, 15) is 9.67 Å². The van der Waals surface area contributed by atoms with E-state index in [2.05, 4.69) is 6.92 Å². The van der Waals surface area contributed by atoms with Crippen molar-refractivity contribution in [2.75, 3.05) is 6.61 Å². The molecule has 37 heavy (non-hydrogen) atoms. The number of halogens is 2. The maximum Gasteiger partial charge on any atom is 0.380 e. The Morgan fingerprint density at radius 1 is 0.730 bits per heavy atom. The molecule has 0 fully saturated rings. The van der Waals surface area contributed by atoms with E-state index in [1.54, 1.807) is 0 Å². The van der Waals surface area contributed by atoms with Crippen molar-refractivity contribution in [3.05, 3.63) is 35.9 Å². The van der Waals surface area contributed by atoms with E-state index in [0.29, 0.717) is 13.0 Å². The van der Waals surface area contributed by atoms with Gasteiger partial charge in [0.15, 0.2) is 0 Å². The summed E-state index contributed by atoms with van der Waals surface area (Å²) in [6, 6.07) is 9.72. The van der Waals surface area contributed by atoms with Crippen LogP contribution in [0.25, 0.3) is 0 Å². The lowest BCUT2D eigenvalue weighted by molar-refractivity contribution is -0.0677. The van der Waals surface area contributed by atoms with Crippen LogP contribution in [0.2, 0.25) is 0 Å². The summed E-state index contributed by atoms with van der Waals surface area (Å²) in [5.74, 6) is 0. The van der Waals surface area contributed by atoms with Crippen molar-refractivity contribution >= 4 is 28.6 Å². The Kier molecular flexibility index (Phi) is 22.4. The van der Waals surface area contributed by atoms with Gasteiger partial charge in [0.1, 0.15) is 6.10 Å². The summed E-state index contributed by atoms with van der Waals surface area (Å²) in [4.78, 5) is 0. The maximum absolute atomic E-state index is 11.5. The second-order valence-corrected chi connectivity index (χ2v) is 14.7. The van der Waals surface area contributed by atoms with Crippen LogP contribution < -0.4 is 0 Å². The van der Waals surface area contributed by atoms with E-state index in [4.69, 9.17) is 31.7 Å². The number of ether oxygens (including phenoxy) is 1. The highest BCUT2D eigenvalue weighted by Crippen LogP contribution is 2.57. The molecule has 0 aliphatic heterocycles. The van der Waals surface area contributed by atoms with Gasteiger partial charge < -0.3 is 14.4 Å². The van der Waals surface area contributed by atoms with Gasteiger partial charge in [0.05, 0.1) is 19.3 Å². The number of hydrogen-bond acceptors (Lipinski definition) is 4. The van der Waals surface area contributed by atoms with E-state index in [0.717, 1.165) is 18.4 Å². The molecule has 0 amide bonds. The summed E-state index contributed by atoms with van der Waals surface area (Å²) in [6.07, 6.45) is 19.5. The lowest BCUT2D eigenvalue weighted by atomic mass is 10.0. The third-order valence-electron chi connectivity index (χ3n) is 6.98. The van der Waals surface area contributed by atoms with Gasteiger partial charge in [0.25, 0.3) is 0 Å². The summed E-state index contributed by atoms with van der Waals surface area (Å²) in [5, 5.41) is 10.6. The van der Waals surface area contributed by atoms with Crippen LogP contribution in [0.4, 0.5) is 0 Å². The summed E-state index contributed by atoms with van der Waals surface area (Å²) in [5.41, 5.74) is 0.993. The highest BCUT2D eigenvalue weighted by molar-refractivity contribution is 8.05. The summed E-state index contributed by atoms with van der Waals surface area (Å²) < 4.78 is 22.4. The van der Waals surface area contributed by atoms with Gasteiger partial charge >= 0.3 is 6.07 Å². The summed E-state index contributed by atoms with van der Waals surface area (Å²) >= 11 is 11.0. The molecule has 216 valence electrons. The molecule has 0 radical (unpaired) electrons. The smallest absolute Gasteiger partial charge is 0.380 e. The molecule has 0 spiro atoms. The first kappa shape index (κ1) is 34.9. The number of aliphatic hydroxyl groups is 1. The minimum atomic E-state index is -3.67. The largest absolute Gasteiger partial charge is 0.390 e. The molecule has 0 heterocycles. The Labute approximate surface area is 237 Å². The average Bonchev–Trinajstić information content (AvgIpc) is 2.88. The molecule has 0 aliphatic rings.